The van der Waals surface area contributed by atoms with E-state index in [4.69, 9.17) is 9.52 Å². The third kappa shape index (κ3) is 2.53. The van der Waals surface area contributed by atoms with Crippen molar-refractivity contribution in [1.82, 2.24) is 24.7 Å². The number of aromatic nitrogens is 6. The minimum atomic E-state index is -0.756. The van der Waals surface area contributed by atoms with E-state index in [1.165, 1.54) is 6.33 Å². The highest BCUT2D eigenvalue weighted by Gasteiger charge is 2.28. The molecule has 8 nitrogen and oxygen atoms in total. The zero-order valence-corrected chi connectivity index (χ0v) is 17.0. The molecule has 31 heavy (non-hydrogen) atoms. The van der Waals surface area contributed by atoms with Gasteiger partial charge < -0.3 is 4.42 Å². The summed E-state index contributed by atoms with van der Waals surface area (Å²) in [5, 5.41) is 8.45. The molecule has 9 heteroatoms. The summed E-state index contributed by atoms with van der Waals surface area (Å²) in [6, 6.07) is 10.3. The number of fused-ring (bicyclic) bond motifs is 2. The van der Waals surface area contributed by atoms with Gasteiger partial charge in [0.2, 0.25) is 5.71 Å². The highest BCUT2D eigenvalue weighted by atomic mass is 32.2. The molecule has 0 radical (unpaired) electrons. The van der Waals surface area contributed by atoms with Gasteiger partial charge in [-0.15, -0.1) is 0 Å². The smallest absolute Gasteiger partial charge is 0.291 e. The average molecular weight is 427 g/mol. The zero-order chi connectivity index (χ0) is 20.5. The quantitative estimate of drug-likeness (QED) is 0.375. The molecule has 150 valence electrons. The number of benzene rings is 1. The van der Waals surface area contributed by atoms with Crippen LogP contribution in [0.3, 0.4) is 0 Å². The van der Waals surface area contributed by atoms with Gasteiger partial charge in [-0.3, -0.25) is 8.89 Å². The van der Waals surface area contributed by atoms with Gasteiger partial charge in [-0.1, -0.05) is 4.98 Å². The Labute approximate surface area is 177 Å². The second-order valence-electron chi connectivity index (χ2n) is 7.78. The van der Waals surface area contributed by atoms with Crippen LogP contribution in [-0.4, -0.2) is 40.4 Å². The summed E-state index contributed by atoms with van der Waals surface area (Å²) in [5.74, 6) is 1.26. The summed E-state index contributed by atoms with van der Waals surface area (Å²) in [6.45, 7) is 0. The van der Waals surface area contributed by atoms with Crippen molar-refractivity contribution in [3.8, 4) is 0 Å². The molecule has 0 spiro atoms. The fraction of sp³-hybridized carbons (Fsp3) is 0.136. The van der Waals surface area contributed by atoms with Crippen LogP contribution in [0.2, 0.25) is 0 Å². The summed E-state index contributed by atoms with van der Waals surface area (Å²) in [5.41, 5.74) is 3.78. The van der Waals surface area contributed by atoms with Crippen LogP contribution >= 0.6 is 0 Å². The Balaban J connectivity index is 1.72. The average Bonchev–Trinajstić information content (AvgIpc) is 3.41. The Kier molecular flexibility index (Phi) is 3.37. The Hall–Kier alpha value is -3.72. The van der Waals surface area contributed by atoms with Crippen LogP contribution in [-0.2, 0) is 10.8 Å². The lowest BCUT2D eigenvalue weighted by molar-refractivity contribution is -0.513. The van der Waals surface area contributed by atoms with Crippen LogP contribution in [0.15, 0.2) is 66.0 Å². The molecule has 7 heterocycles. The lowest BCUT2D eigenvalue weighted by Crippen LogP contribution is -2.33. The van der Waals surface area contributed by atoms with Crippen molar-refractivity contribution in [2.24, 2.45) is 0 Å². The molecule has 0 N–H and O–H groups in total. The Bertz CT molecular complexity index is 1710. The summed E-state index contributed by atoms with van der Waals surface area (Å²) in [6.07, 6.45) is 9.05. The van der Waals surface area contributed by atoms with Gasteiger partial charge >= 0.3 is 0 Å². The molecular weight excluding hydrogens is 412 g/mol. The van der Waals surface area contributed by atoms with Gasteiger partial charge in [0.05, 0.1) is 16.9 Å². The molecule has 1 aromatic carbocycles. The molecule has 0 saturated carbocycles. The highest BCUT2D eigenvalue weighted by molar-refractivity contribution is 7.86. The van der Waals surface area contributed by atoms with Crippen molar-refractivity contribution < 1.29 is 13.0 Å². The predicted molar refractivity (Wildman–Crippen MR) is 117 cm³/mol. The van der Waals surface area contributed by atoms with Crippen molar-refractivity contribution in [3.63, 3.8) is 0 Å². The number of hydrogen-bond acceptors (Lipinski definition) is 6. The van der Waals surface area contributed by atoms with Gasteiger partial charge in [-0.2, -0.15) is 5.10 Å². The van der Waals surface area contributed by atoms with E-state index >= 15 is 0 Å². The van der Waals surface area contributed by atoms with Gasteiger partial charge in [-0.05, 0) is 30.3 Å². The molecule has 1 saturated heterocycles. The second-order valence-corrected chi connectivity index (χ2v) is 9.33. The Morgan fingerprint density at radius 2 is 1.94 bits per heavy atom. The molecule has 7 aromatic rings. The first-order chi connectivity index (χ1) is 15.2. The van der Waals surface area contributed by atoms with Gasteiger partial charge in [0.1, 0.15) is 34.5 Å². The van der Waals surface area contributed by atoms with Crippen LogP contribution in [0.5, 0.6) is 0 Å². The van der Waals surface area contributed by atoms with E-state index in [0.29, 0.717) is 22.8 Å². The Morgan fingerprint density at radius 1 is 1.06 bits per heavy atom. The maximum atomic E-state index is 11.7. The first kappa shape index (κ1) is 17.0. The highest BCUT2D eigenvalue weighted by Crippen LogP contribution is 2.30. The molecule has 0 amide bonds. The molecule has 0 atom stereocenters. The van der Waals surface area contributed by atoms with E-state index in [2.05, 4.69) is 27.1 Å². The summed E-state index contributed by atoms with van der Waals surface area (Å²) in [7, 11) is -0.756. The van der Waals surface area contributed by atoms with Gasteiger partial charge in [0.15, 0.2) is 6.20 Å². The van der Waals surface area contributed by atoms with Crippen molar-refractivity contribution in [2.75, 3.05) is 11.5 Å². The van der Waals surface area contributed by atoms with E-state index in [1.807, 2.05) is 39.7 Å². The minimum absolute atomic E-state index is 0.144. The summed E-state index contributed by atoms with van der Waals surface area (Å²) < 4.78 is 21.6. The first-order valence-electron chi connectivity index (χ1n) is 9.89. The number of hydrogen-bond donors (Lipinski definition) is 0. The van der Waals surface area contributed by atoms with Crippen LogP contribution in [0.4, 0.5) is 0 Å². The largest absolute Gasteiger partial charge is 0.437 e. The normalized spacial score (nSPS) is 18.8. The predicted octanol–water partition coefficient (Wildman–Crippen LogP) is 2.88. The molecule has 6 aromatic heterocycles. The summed E-state index contributed by atoms with van der Waals surface area (Å²) >= 11 is 0. The van der Waals surface area contributed by atoms with Crippen LogP contribution in [0, 0.1) is 0 Å². The van der Waals surface area contributed by atoms with Crippen molar-refractivity contribution >= 4 is 60.2 Å². The standard InChI is InChI=1S/C22H15N6O2S/c29-31-9-16(10-31)28-8-18-20(26-28)13-1-3-15(4-2-13)27-7-14(6-23-12-27)19-5-17-21(18)24-11-25-22(17)30-19/h1-8,11-12,16H,9-10H2/q+1. The number of furan rings is 1. The maximum Gasteiger partial charge on any atom is 0.291 e. The van der Waals surface area contributed by atoms with E-state index < -0.39 is 10.8 Å². The van der Waals surface area contributed by atoms with Crippen molar-refractivity contribution in [3.05, 3.63) is 61.6 Å². The number of rotatable bonds is 1. The molecule has 1 fully saturated rings. The fourth-order valence-corrected chi connectivity index (χ4v) is 5.24. The van der Waals surface area contributed by atoms with Gasteiger partial charge in [0, 0.05) is 39.3 Å². The minimum Gasteiger partial charge on any atom is -0.437 e. The van der Waals surface area contributed by atoms with Gasteiger partial charge in [0.25, 0.3) is 6.33 Å². The SMILES string of the molecule is O=S1CC(n2cc3c(n2)c2ccc(cc2)[n+]2cncc(c2)c2cc4c(ncnc43)o2)C1. The van der Waals surface area contributed by atoms with Crippen LogP contribution < -0.4 is 4.40 Å². The van der Waals surface area contributed by atoms with E-state index in [-0.39, 0.29) is 6.04 Å². The monoisotopic (exact) mass is 427 g/mol. The second kappa shape index (κ2) is 6.14. The third-order valence-electron chi connectivity index (χ3n) is 5.85. The zero-order valence-electron chi connectivity index (χ0n) is 16.2. The van der Waals surface area contributed by atoms with E-state index in [1.54, 1.807) is 12.5 Å². The molecule has 1 aliphatic rings. The third-order valence-corrected chi connectivity index (χ3v) is 7.37. The Morgan fingerprint density at radius 3 is 2.77 bits per heavy atom. The molecular formula is C22H15N6O2S+. The fourth-order valence-electron chi connectivity index (χ4n) is 4.17. The lowest BCUT2D eigenvalue weighted by Gasteiger charge is -2.24. The van der Waals surface area contributed by atoms with Crippen molar-refractivity contribution in [1.29, 1.82) is 0 Å². The molecule has 0 aliphatic carbocycles. The van der Waals surface area contributed by atoms with Gasteiger partial charge in [-0.25, -0.2) is 14.4 Å². The maximum absolute atomic E-state index is 11.7. The molecule has 1 aliphatic heterocycles. The molecule has 6 bridgehead atoms. The summed E-state index contributed by atoms with van der Waals surface area (Å²) in [4.78, 5) is 13.3. The number of nitrogens with zero attached hydrogens (tertiary/aromatic N) is 6. The van der Waals surface area contributed by atoms with Crippen LogP contribution in [0.25, 0.3) is 49.4 Å². The first-order valence-corrected chi connectivity index (χ1v) is 11.4. The van der Waals surface area contributed by atoms with E-state index in [9.17, 15) is 4.21 Å². The molecule has 8 rings (SSSR count). The van der Waals surface area contributed by atoms with Crippen molar-refractivity contribution in [2.45, 2.75) is 6.04 Å². The molecule has 0 unspecified atom stereocenters. The van der Waals surface area contributed by atoms with Crippen LogP contribution in [0.1, 0.15) is 6.04 Å². The van der Waals surface area contributed by atoms with E-state index in [0.717, 1.165) is 38.1 Å². The topological polar surface area (TPSA) is 90.8 Å². The lowest BCUT2D eigenvalue weighted by atomic mass is 10.2.